The van der Waals surface area contributed by atoms with E-state index in [9.17, 15) is 4.79 Å². The minimum absolute atomic E-state index is 0.0963. The van der Waals surface area contributed by atoms with E-state index in [0.29, 0.717) is 11.6 Å². The molecular weight excluding hydrogens is 344 g/mol. The van der Waals surface area contributed by atoms with Gasteiger partial charge in [-0.3, -0.25) is 4.79 Å². The van der Waals surface area contributed by atoms with Gasteiger partial charge in [-0.05, 0) is 24.5 Å². The van der Waals surface area contributed by atoms with Crippen molar-refractivity contribution in [2.45, 2.75) is 52.5 Å². The Morgan fingerprint density at radius 1 is 1.31 bits per heavy atom. The first kappa shape index (κ1) is 18.6. The van der Waals surface area contributed by atoms with Crippen molar-refractivity contribution in [1.29, 1.82) is 0 Å². The van der Waals surface area contributed by atoms with Crippen LogP contribution in [0.2, 0.25) is 0 Å². The molecule has 26 heavy (non-hydrogen) atoms. The molecule has 0 aliphatic carbocycles. The predicted molar refractivity (Wildman–Crippen MR) is 106 cm³/mol. The highest BCUT2D eigenvalue weighted by Gasteiger charge is 2.27. The number of hydrogen-bond acceptors (Lipinski definition) is 4. The molecule has 138 valence electrons. The number of imidazole rings is 1. The molecule has 0 radical (unpaired) electrons. The quantitative estimate of drug-likeness (QED) is 0.714. The van der Waals surface area contributed by atoms with Gasteiger partial charge in [0.25, 0.3) is 5.91 Å². The molecule has 0 aliphatic heterocycles. The van der Waals surface area contributed by atoms with Crippen molar-refractivity contribution in [2.24, 2.45) is 5.92 Å². The van der Waals surface area contributed by atoms with E-state index in [4.69, 9.17) is 4.98 Å². The van der Waals surface area contributed by atoms with Crippen LogP contribution in [0.4, 0.5) is 0 Å². The van der Waals surface area contributed by atoms with Gasteiger partial charge in [0.15, 0.2) is 5.69 Å². The largest absolute Gasteiger partial charge is 0.341 e. The minimum Gasteiger partial charge on any atom is -0.341 e. The van der Waals surface area contributed by atoms with Gasteiger partial charge < -0.3 is 9.72 Å². The second-order valence-corrected chi connectivity index (χ2v) is 8.94. The molecule has 6 heteroatoms. The third-order valence-corrected chi connectivity index (χ3v) is 5.09. The smallest absolute Gasteiger partial charge is 0.272 e. The van der Waals surface area contributed by atoms with Crippen LogP contribution in [0.3, 0.4) is 0 Å². The number of fused-ring (bicyclic) bond motifs is 1. The van der Waals surface area contributed by atoms with Crippen LogP contribution in [-0.2, 0) is 5.41 Å². The van der Waals surface area contributed by atoms with Crippen molar-refractivity contribution in [3.63, 3.8) is 0 Å². The van der Waals surface area contributed by atoms with E-state index in [2.05, 4.69) is 44.9 Å². The molecule has 5 nitrogen and oxygen atoms in total. The van der Waals surface area contributed by atoms with Gasteiger partial charge in [-0.25, -0.2) is 9.97 Å². The van der Waals surface area contributed by atoms with E-state index in [1.54, 1.807) is 17.5 Å². The lowest BCUT2D eigenvalue weighted by atomic mass is 9.96. The third kappa shape index (κ3) is 3.80. The molecule has 0 saturated heterocycles. The zero-order valence-corrected chi connectivity index (χ0v) is 16.8. The number of carbonyl (C=O) groups excluding carboxylic acids is 1. The molecule has 1 N–H and O–H groups in total. The van der Waals surface area contributed by atoms with Crippen molar-refractivity contribution in [2.75, 3.05) is 0 Å². The molecule has 1 unspecified atom stereocenters. The lowest BCUT2D eigenvalue weighted by Crippen LogP contribution is -2.30. The zero-order chi connectivity index (χ0) is 18.9. The molecule has 3 aromatic rings. The highest BCUT2D eigenvalue weighted by molar-refractivity contribution is 7.09. The van der Waals surface area contributed by atoms with E-state index < -0.39 is 0 Å². The monoisotopic (exact) mass is 370 g/mol. The van der Waals surface area contributed by atoms with Crippen LogP contribution >= 0.6 is 11.3 Å². The summed E-state index contributed by atoms with van der Waals surface area (Å²) in [5.74, 6) is 1.19. The average molecular weight is 371 g/mol. The molecule has 0 saturated carbocycles. The number of aromatic nitrogens is 3. The highest BCUT2D eigenvalue weighted by Crippen LogP contribution is 2.27. The number of carbonyl (C=O) groups is 1. The summed E-state index contributed by atoms with van der Waals surface area (Å²) in [6.45, 7) is 10.6. The Hall–Kier alpha value is -2.21. The predicted octanol–water partition coefficient (Wildman–Crippen LogP) is 4.61. The summed E-state index contributed by atoms with van der Waals surface area (Å²) < 4.78 is 2.01. The summed E-state index contributed by atoms with van der Waals surface area (Å²) in [7, 11) is 0. The zero-order valence-electron chi connectivity index (χ0n) is 16.0. The average Bonchev–Trinajstić information content (AvgIpc) is 3.21. The van der Waals surface area contributed by atoms with Crippen LogP contribution in [0.1, 0.15) is 68.4 Å². The minimum atomic E-state index is -0.157. The van der Waals surface area contributed by atoms with Gasteiger partial charge >= 0.3 is 0 Å². The Kier molecular flexibility index (Phi) is 5.14. The lowest BCUT2D eigenvalue weighted by Gasteiger charge is -2.18. The normalized spacial score (nSPS) is 13.3. The van der Waals surface area contributed by atoms with Crippen LogP contribution in [0.5, 0.6) is 0 Å². The first-order chi connectivity index (χ1) is 12.3. The molecule has 3 aromatic heterocycles. The second kappa shape index (κ2) is 7.19. The van der Waals surface area contributed by atoms with Gasteiger partial charge in [0, 0.05) is 23.2 Å². The number of rotatable bonds is 5. The van der Waals surface area contributed by atoms with Crippen molar-refractivity contribution >= 4 is 22.8 Å². The number of nitrogens with zero attached hydrogens (tertiary/aromatic N) is 3. The van der Waals surface area contributed by atoms with Crippen molar-refractivity contribution in [1.82, 2.24) is 19.7 Å². The van der Waals surface area contributed by atoms with Gasteiger partial charge in [0.1, 0.15) is 10.8 Å². The summed E-state index contributed by atoms with van der Waals surface area (Å²) in [4.78, 5) is 22.2. The Labute approximate surface area is 158 Å². The molecular formula is C20H26N4OS. The Bertz CT molecular complexity index is 890. The van der Waals surface area contributed by atoms with Crippen molar-refractivity contribution < 1.29 is 4.79 Å². The van der Waals surface area contributed by atoms with Crippen LogP contribution in [0.15, 0.2) is 36.0 Å². The Morgan fingerprint density at radius 2 is 2.08 bits per heavy atom. The first-order valence-electron chi connectivity index (χ1n) is 8.95. The molecule has 0 fully saturated rings. The molecule has 0 spiro atoms. The number of amides is 1. The highest BCUT2D eigenvalue weighted by atomic mass is 32.1. The van der Waals surface area contributed by atoms with E-state index in [1.807, 2.05) is 34.2 Å². The van der Waals surface area contributed by atoms with E-state index >= 15 is 0 Å². The summed E-state index contributed by atoms with van der Waals surface area (Å²) in [5.41, 5.74) is 1.15. The number of pyridine rings is 1. The van der Waals surface area contributed by atoms with Gasteiger partial charge in [0.2, 0.25) is 0 Å². The maximum Gasteiger partial charge on any atom is 0.272 e. The fourth-order valence-corrected chi connectivity index (χ4v) is 3.76. The molecule has 3 rings (SSSR count). The topological polar surface area (TPSA) is 59.3 Å². The molecule has 1 amide bonds. The maximum absolute atomic E-state index is 13.1. The van der Waals surface area contributed by atoms with Crippen molar-refractivity contribution in [3.05, 3.63) is 52.5 Å². The summed E-state index contributed by atoms with van der Waals surface area (Å²) >= 11 is 1.57. The maximum atomic E-state index is 13.1. The van der Waals surface area contributed by atoms with Crippen LogP contribution in [0.25, 0.3) is 5.52 Å². The van der Waals surface area contributed by atoms with Crippen LogP contribution < -0.4 is 5.32 Å². The number of nitrogens with one attached hydrogen (secondary N) is 1. The molecule has 0 bridgehead atoms. The second-order valence-electron chi connectivity index (χ2n) is 8.02. The summed E-state index contributed by atoms with van der Waals surface area (Å²) in [6, 6.07) is 5.74. The van der Waals surface area contributed by atoms with Crippen molar-refractivity contribution in [3.8, 4) is 0 Å². The molecule has 0 aromatic carbocycles. The fraction of sp³-hybridized carbons (Fsp3) is 0.450. The lowest BCUT2D eigenvalue weighted by molar-refractivity contribution is 0.0929. The Morgan fingerprint density at radius 3 is 2.69 bits per heavy atom. The number of thiazole rings is 1. The van der Waals surface area contributed by atoms with Gasteiger partial charge in [-0.15, -0.1) is 11.3 Å². The van der Waals surface area contributed by atoms with Gasteiger partial charge in [0.05, 0.1) is 11.6 Å². The SMILES string of the molecule is CC(C)CC(NC(=O)c1nc(C(C)(C)C)n2ccccc12)c1nccs1. The van der Waals surface area contributed by atoms with E-state index in [0.717, 1.165) is 22.8 Å². The molecule has 0 aliphatic rings. The van der Waals surface area contributed by atoms with E-state index in [1.165, 1.54) is 0 Å². The summed E-state index contributed by atoms with van der Waals surface area (Å²) in [6.07, 6.45) is 4.59. The standard InChI is InChI=1S/C20H26N4OS/c1-13(2)12-14(18-21-9-11-26-18)22-17(25)16-15-8-6-7-10-24(15)19(23-16)20(3,4)5/h6-11,13-14H,12H2,1-5H3,(H,22,25). The van der Waals surface area contributed by atoms with Crippen LogP contribution in [0, 0.1) is 5.92 Å². The molecule has 3 heterocycles. The van der Waals surface area contributed by atoms with E-state index in [-0.39, 0.29) is 17.4 Å². The van der Waals surface area contributed by atoms with Gasteiger partial charge in [-0.1, -0.05) is 40.7 Å². The summed E-state index contributed by atoms with van der Waals surface area (Å²) in [5, 5.41) is 6.04. The molecule has 1 atom stereocenters. The first-order valence-corrected chi connectivity index (χ1v) is 9.83. The Balaban J connectivity index is 1.97. The number of hydrogen-bond donors (Lipinski definition) is 1. The fourth-order valence-electron chi connectivity index (χ4n) is 3.06. The third-order valence-electron chi connectivity index (χ3n) is 4.20. The van der Waals surface area contributed by atoms with Crippen LogP contribution in [-0.4, -0.2) is 20.3 Å². The van der Waals surface area contributed by atoms with Gasteiger partial charge in [-0.2, -0.15) is 0 Å².